The summed E-state index contributed by atoms with van der Waals surface area (Å²) in [6.07, 6.45) is 3.64. The van der Waals surface area contributed by atoms with E-state index < -0.39 is 4.92 Å². The van der Waals surface area contributed by atoms with Crippen molar-refractivity contribution in [1.29, 1.82) is 0 Å². The van der Waals surface area contributed by atoms with Crippen LogP contribution < -0.4 is 0 Å². The van der Waals surface area contributed by atoms with E-state index in [1.165, 1.54) is 12.1 Å². The van der Waals surface area contributed by atoms with Crippen molar-refractivity contribution >= 4 is 28.7 Å². The van der Waals surface area contributed by atoms with Gasteiger partial charge in [-0.05, 0) is 35.9 Å². The molecule has 1 aliphatic rings. The third-order valence-corrected chi connectivity index (χ3v) is 4.87. The number of aromatic nitrogens is 2. The number of hydrogen-bond donors (Lipinski definition) is 0. The number of hydrogen-bond acceptors (Lipinski definition) is 4. The maximum atomic E-state index is 10.8. The third-order valence-electron chi connectivity index (χ3n) is 4.64. The Hall–Kier alpha value is -2.99. The van der Waals surface area contributed by atoms with Gasteiger partial charge in [0.1, 0.15) is 0 Å². The van der Waals surface area contributed by atoms with Crippen molar-refractivity contribution in [2.75, 3.05) is 0 Å². The molecule has 2 aromatic carbocycles. The van der Waals surface area contributed by atoms with Crippen molar-refractivity contribution in [1.82, 2.24) is 9.78 Å². The third kappa shape index (κ3) is 2.59. The fourth-order valence-corrected chi connectivity index (χ4v) is 3.40. The maximum Gasteiger partial charge on any atom is 0.269 e. The normalized spacial score (nSPS) is 14.8. The van der Waals surface area contributed by atoms with Gasteiger partial charge in [0.05, 0.1) is 28.2 Å². The first-order valence-corrected chi connectivity index (χ1v) is 8.43. The van der Waals surface area contributed by atoms with Gasteiger partial charge in [-0.15, -0.1) is 0 Å². The van der Waals surface area contributed by atoms with Crippen LogP contribution in [0.2, 0.25) is 5.02 Å². The van der Waals surface area contributed by atoms with Crippen LogP contribution in [0, 0.1) is 10.1 Å². The highest BCUT2D eigenvalue weighted by Gasteiger charge is 2.36. The van der Waals surface area contributed by atoms with Crippen LogP contribution >= 0.6 is 11.6 Å². The van der Waals surface area contributed by atoms with E-state index in [0.29, 0.717) is 5.02 Å². The van der Waals surface area contributed by atoms with Gasteiger partial charge in [-0.25, -0.2) is 4.68 Å². The molecule has 0 radical (unpaired) electrons. The van der Waals surface area contributed by atoms with Crippen LogP contribution in [0.25, 0.3) is 5.69 Å². The van der Waals surface area contributed by atoms with Gasteiger partial charge in [0.15, 0.2) is 0 Å². The Morgan fingerprint density at radius 3 is 2.58 bits per heavy atom. The molecular formula is C19H15ClN4O2. The van der Waals surface area contributed by atoms with Gasteiger partial charge >= 0.3 is 0 Å². The van der Waals surface area contributed by atoms with E-state index in [1.54, 1.807) is 23.0 Å². The fourth-order valence-electron chi connectivity index (χ4n) is 3.23. The van der Waals surface area contributed by atoms with Gasteiger partial charge in [0.25, 0.3) is 5.69 Å². The Morgan fingerprint density at radius 1 is 1.15 bits per heavy atom. The summed E-state index contributed by atoms with van der Waals surface area (Å²) < 4.78 is 1.69. The van der Waals surface area contributed by atoms with Crippen molar-refractivity contribution in [3.05, 3.63) is 81.1 Å². The summed E-state index contributed by atoms with van der Waals surface area (Å²) in [6.45, 7) is 4.22. The number of nitrogens with zero attached hydrogens (tertiary/aromatic N) is 4. The number of rotatable bonds is 3. The minimum absolute atomic E-state index is 0.0507. The molecule has 0 aliphatic carbocycles. The Labute approximate surface area is 154 Å². The first kappa shape index (κ1) is 16.5. The number of benzene rings is 2. The molecule has 0 N–H and O–H groups in total. The number of halogens is 1. The monoisotopic (exact) mass is 366 g/mol. The van der Waals surface area contributed by atoms with Crippen LogP contribution in [-0.2, 0) is 5.41 Å². The Kier molecular flexibility index (Phi) is 3.66. The fraction of sp³-hybridized carbons (Fsp3) is 0.158. The smallest absolute Gasteiger partial charge is 0.258 e. The van der Waals surface area contributed by atoms with Crippen LogP contribution in [0.5, 0.6) is 0 Å². The van der Waals surface area contributed by atoms with E-state index in [4.69, 9.17) is 16.6 Å². The predicted molar refractivity (Wildman–Crippen MR) is 101 cm³/mol. The molecule has 0 amide bonds. The van der Waals surface area contributed by atoms with Crippen LogP contribution in [0.3, 0.4) is 0 Å². The highest BCUT2D eigenvalue weighted by Crippen LogP contribution is 2.43. The lowest BCUT2D eigenvalue weighted by molar-refractivity contribution is -0.384. The highest BCUT2D eigenvalue weighted by atomic mass is 35.5. The lowest BCUT2D eigenvalue weighted by atomic mass is 9.80. The predicted octanol–water partition coefficient (Wildman–Crippen LogP) is 4.85. The summed E-state index contributed by atoms with van der Waals surface area (Å²) in [7, 11) is 0. The van der Waals surface area contributed by atoms with Crippen molar-refractivity contribution in [2.45, 2.75) is 19.3 Å². The van der Waals surface area contributed by atoms with E-state index in [-0.39, 0.29) is 11.1 Å². The molecule has 4 rings (SSSR count). The van der Waals surface area contributed by atoms with Crippen LogP contribution in [0.15, 0.2) is 59.9 Å². The van der Waals surface area contributed by atoms with E-state index in [2.05, 4.69) is 18.9 Å². The van der Waals surface area contributed by atoms with E-state index in [1.807, 2.05) is 24.4 Å². The summed E-state index contributed by atoms with van der Waals surface area (Å²) in [6, 6.07) is 12.0. The summed E-state index contributed by atoms with van der Waals surface area (Å²) in [5, 5.41) is 15.9. The number of nitro groups is 1. The molecule has 0 spiro atoms. The second-order valence-electron chi connectivity index (χ2n) is 6.69. The molecule has 6 nitrogen and oxygen atoms in total. The lowest BCUT2D eigenvalue weighted by Gasteiger charge is -2.21. The average Bonchev–Trinajstić information content (AvgIpc) is 3.18. The molecule has 7 heteroatoms. The van der Waals surface area contributed by atoms with Crippen LogP contribution in [-0.4, -0.2) is 20.4 Å². The van der Waals surface area contributed by atoms with Gasteiger partial charge in [0.2, 0.25) is 0 Å². The van der Waals surface area contributed by atoms with E-state index in [0.717, 1.165) is 28.2 Å². The molecule has 0 saturated heterocycles. The molecular weight excluding hydrogens is 352 g/mol. The quantitative estimate of drug-likeness (QED) is 0.491. The molecule has 0 fully saturated rings. The summed E-state index contributed by atoms with van der Waals surface area (Å²) >= 11 is 6.15. The van der Waals surface area contributed by atoms with Gasteiger partial charge < -0.3 is 0 Å². The van der Waals surface area contributed by atoms with Crippen molar-refractivity contribution in [3.8, 4) is 5.69 Å². The first-order valence-electron chi connectivity index (χ1n) is 8.05. The minimum Gasteiger partial charge on any atom is -0.258 e. The second kappa shape index (κ2) is 5.78. The zero-order valence-corrected chi connectivity index (χ0v) is 14.9. The zero-order chi connectivity index (χ0) is 18.5. The molecule has 2 heterocycles. The first-order chi connectivity index (χ1) is 12.4. The standard InChI is InChI=1S/C19H15ClN4O2/c1-19(2)16-9-13(20)3-8-17(16)22-18(19)12-10-21-23(11-12)14-4-6-15(7-5-14)24(25)26/h3-11H,1-2H3. The largest absolute Gasteiger partial charge is 0.269 e. The topological polar surface area (TPSA) is 73.3 Å². The summed E-state index contributed by atoms with van der Waals surface area (Å²) in [5.41, 5.74) is 4.33. The molecule has 0 bridgehead atoms. The molecule has 1 aliphatic heterocycles. The van der Waals surface area contributed by atoms with Crippen LogP contribution in [0.1, 0.15) is 25.0 Å². The van der Waals surface area contributed by atoms with Crippen molar-refractivity contribution in [3.63, 3.8) is 0 Å². The van der Waals surface area contributed by atoms with Crippen LogP contribution in [0.4, 0.5) is 11.4 Å². The lowest BCUT2D eigenvalue weighted by Crippen LogP contribution is -2.26. The Bertz CT molecular complexity index is 1050. The SMILES string of the molecule is CC1(C)C(c2cnn(-c3ccc([N+](=O)[O-])cc3)c2)=Nc2ccc(Cl)cc21. The molecule has 26 heavy (non-hydrogen) atoms. The zero-order valence-electron chi connectivity index (χ0n) is 14.2. The van der Waals surface area contributed by atoms with E-state index in [9.17, 15) is 10.1 Å². The number of nitro benzene ring substituents is 1. The summed E-state index contributed by atoms with van der Waals surface area (Å²) in [4.78, 5) is 15.1. The molecule has 0 atom stereocenters. The van der Waals surface area contributed by atoms with Crippen molar-refractivity contribution < 1.29 is 4.92 Å². The van der Waals surface area contributed by atoms with Crippen molar-refractivity contribution in [2.24, 2.45) is 4.99 Å². The molecule has 1 aromatic heterocycles. The van der Waals surface area contributed by atoms with Gasteiger partial charge in [-0.1, -0.05) is 25.4 Å². The molecule has 0 unspecified atom stereocenters. The summed E-state index contributed by atoms with van der Waals surface area (Å²) in [5.74, 6) is 0. The molecule has 130 valence electrons. The number of aliphatic imine (C=N–C) groups is 1. The number of fused-ring (bicyclic) bond motifs is 1. The van der Waals surface area contributed by atoms with Gasteiger partial charge in [-0.3, -0.25) is 15.1 Å². The van der Waals surface area contributed by atoms with Gasteiger partial charge in [-0.2, -0.15) is 5.10 Å². The highest BCUT2D eigenvalue weighted by molar-refractivity contribution is 6.31. The maximum absolute atomic E-state index is 10.8. The number of non-ortho nitro benzene ring substituents is 1. The van der Waals surface area contributed by atoms with E-state index >= 15 is 0 Å². The van der Waals surface area contributed by atoms with Gasteiger partial charge in [0, 0.05) is 34.3 Å². The Balaban J connectivity index is 1.70. The second-order valence-corrected chi connectivity index (χ2v) is 7.13. The molecule has 3 aromatic rings. The average molecular weight is 367 g/mol. The Morgan fingerprint density at radius 2 is 1.88 bits per heavy atom. The molecule has 0 saturated carbocycles. The minimum atomic E-state index is -0.420.